The summed E-state index contributed by atoms with van der Waals surface area (Å²) in [7, 11) is 1.72. The van der Waals surface area contributed by atoms with Crippen LogP contribution in [0.1, 0.15) is 35.1 Å². The SMILES string of the molecule is COc1ccc(C)c2c1N[C@H](c1ccc(Cl)cc1Cl)C1CC=CC21. The first-order valence-electron chi connectivity index (χ1n) is 8.15. The van der Waals surface area contributed by atoms with E-state index in [-0.39, 0.29) is 6.04 Å². The van der Waals surface area contributed by atoms with E-state index in [1.54, 1.807) is 7.11 Å². The van der Waals surface area contributed by atoms with Crippen LogP contribution >= 0.6 is 23.2 Å². The van der Waals surface area contributed by atoms with Gasteiger partial charge in [0.15, 0.2) is 0 Å². The molecule has 4 rings (SSSR count). The number of hydrogen-bond acceptors (Lipinski definition) is 2. The van der Waals surface area contributed by atoms with Crippen molar-refractivity contribution in [3.05, 3.63) is 69.2 Å². The number of ether oxygens (including phenoxy) is 1. The van der Waals surface area contributed by atoms with Gasteiger partial charge in [-0.05, 0) is 54.2 Å². The molecule has 24 heavy (non-hydrogen) atoms. The van der Waals surface area contributed by atoms with Crippen molar-refractivity contribution in [3.63, 3.8) is 0 Å². The maximum absolute atomic E-state index is 6.51. The van der Waals surface area contributed by atoms with Crippen LogP contribution in [0.15, 0.2) is 42.5 Å². The number of anilines is 1. The molecule has 0 saturated carbocycles. The van der Waals surface area contributed by atoms with Gasteiger partial charge in [0.2, 0.25) is 0 Å². The third kappa shape index (κ3) is 2.40. The highest BCUT2D eigenvalue weighted by Gasteiger charge is 2.40. The number of halogens is 2. The molecule has 0 amide bonds. The molecular weight excluding hydrogens is 341 g/mol. The predicted octanol–water partition coefficient (Wildman–Crippen LogP) is 6.14. The highest BCUT2D eigenvalue weighted by Crippen LogP contribution is 2.54. The smallest absolute Gasteiger partial charge is 0.142 e. The van der Waals surface area contributed by atoms with Gasteiger partial charge in [0.25, 0.3) is 0 Å². The van der Waals surface area contributed by atoms with Crippen LogP contribution < -0.4 is 10.1 Å². The van der Waals surface area contributed by atoms with Gasteiger partial charge in [-0.15, -0.1) is 0 Å². The summed E-state index contributed by atoms with van der Waals surface area (Å²) in [4.78, 5) is 0. The Balaban J connectivity index is 1.87. The van der Waals surface area contributed by atoms with Crippen molar-refractivity contribution < 1.29 is 4.74 Å². The number of allylic oxidation sites excluding steroid dienone is 2. The fourth-order valence-corrected chi connectivity index (χ4v) is 4.63. The normalized spacial score (nSPS) is 24.2. The van der Waals surface area contributed by atoms with Crippen LogP contribution in [0.4, 0.5) is 5.69 Å². The first-order valence-corrected chi connectivity index (χ1v) is 8.91. The van der Waals surface area contributed by atoms with Crippen molar-refractivity contribution in [2.75, 3.05) is 12.4 Å². The van der Waals surface area contributed by atoms with E-state index in [0.29, 0.717) is 21.9 Å². The Morgan fingerprint density at radius 2 is 2.00 bits per heavy atom. The number of aryl methyl sites for hydroxylation is 1. The zero-order valence-electron chi connectivity index (χ0n) is 13.6. The van der Waals surface area contributed by atoms with Gasteiger partial charge < -0.3 is 10.1 Å². The standard InChI is InChI=1S/C20H19Cl2NO/c1-11-6-9-17(24-2)20-18(11)13-4-3-5-14(13)19(23-20)15-8-7-12(21)10-16(15)22/h3-4,6-10,13-14,19,23H,5H2,1-2H3/t13?,14?,19-/m0/s1. The Bertz CT molecular complexity index is 831. The minimum Gasteiger partial charge on any atom is -0.495 e. The molecule has 1 N–H and O–H groups in total. The maximum Gasteiger partial charge on any atom is 0.142 e. The summed E-state index contributed by atoms with van der Waals surface area (Å²) in [5.74, 6) is 1.71. The lowest BCUT2D eigenvalue weighted by atomic mass is 9.75. The first-order chi connectivity index (χ1) is 11.6. The second-order valence-electron chi connectivity index (χ2n) is 6.51. The van der Waals surface area contributed by atoms with Crippen molar-refractivity contribution >= 4 is 28.9 Å². The van der Waals surface area contributed by atoms with E-state index in [2.05, 4.69) is 30.5 Å². The Kier molecular flexibility index (Phi) is 3.98. The van der Waals surface area contributed by atoms with Crippen LogP contribution in [0, 0.1) is 12.8 Å². The van der Waals surface area contributed by atoms with E-state index in [1.807, 2.05) is 24.3 Å². The molecular formula is C20H19Cl2NO. The lowest BCUT2D eigenvalue weighted by molar-refractivity contribution is 0.396. The summed E-state index contributed by atoms with van der Waals surface area (Å²) < 4.78 is 5.61. The Morgan fingerprint density at radius 1 is 1.17 bits per heavy atom. The van der Waals surface area contributed by atoms with Crippen molar-refractivity contribution in [1.29, 1.82) is 0 Å². The molecule has 0 aromatic heterocycles. The average Bonchev–Trinajstić information content (AvgIpc) is 3.04. The lowest BCUT2D eigenvalue weighted by Gasteiger charge is -2.39. The van der Waals surface area contributed by atoms with Gasteiger partial charge in [-0.1, -0.05) is 47.5 Å². The van der Waals surface area contributed by atoms with E-state index < -0.39 is 0 Å². The predicted molar refractivity (Wildman–Crippen MR) is 101 cm³/mol. The van der Waals surface area contributed by atoms with Crippen LogP contribution in [0.25, 0.3) is 0 Å². The molecule has 1 heterocycles. The molecule has 0 bridgehead atoms. The van der Waals surface area contributed by atoms with E-state index in [9.17, 15) is 0 Å². The summed E-state index contributed by atoms with van der Waals surface area (Å²) in [5.41, 5.74) is 4.81. The summed E-state index contributed by atoms with van der Waals surface area (Å²) >= 11 is 12.6. The number of methoxy groups -OCH3 is 1. The third-order valence-electron chi connectivity index (χ3n) is 5.22. The van der Waals surface area contributed by atoms with Gasteiger partial charge in [-0.2, -0.15) is 0 Å². The van der Waals surface area contributed by atoms with Gasteiger partial charge in [0.1, 0.15) is 5.75 Å². The molecule has 2 aromatic rings. The van der Waals surface area contributed by atoms with Gasteiger partial charge in [-0.25, -0.2) is 0 Å². The van der Waals surface area contributed by atoms with Crippen molar-refractivity contribution in [2.24, 2.45) is 5.92 Å². The number of nitrogens with one attached hydrogen (secondary N) is 1. The molecule has 1 aliphatic carbocycles. The largest absolute Gasteiger partial charge is 0.495 e. The molecule has 2 nitrogen and oxygen atoms in total. The van der Waals surface area contributed by atoms with Crippen LogP contribution in [-0.4, -0.2) is 7.11 Å². The summed E-state index contributed by atoms with van der Waals surface area (Å²) in [6.07, 6.45) is 5.65. The summed E-state index contributed by atoms with van der Waals surface area (Å²) in [6, 6.07) is 10.1. The molecule has 2 aliphatic rings. The highest BCUT2D eigenvalue weighted by molar-refractivity contribution is 6.35. The highest BCUT2D eigenvalue weighted by atomic mass is 35.5. The number of hydrogen-bond donors (Lipinski definition) is 1. The van der Waals surface area contributed by atoms with Crippen LogP contribution in [0.2, 0.25) is 10.0 Å². The number of fused-ring (bicyclic) bond motifs is 3. The van der Waals surface area contributed by atoms with Gasteiger partial charge in [0, 0.05) is 16.0 Å². The van der Waals surface area contributed by atoms with E-state index in [4.69, 9.17) is 27.9 Å². The van der Waals surface area contributed by atoms with Crippen molar-refractivity contribution in [2.45, 2.75) is 25.3 Å². The molecule has 124 valence electrons. The van der Waals surface area contributed by atoms with Gasteiger partial charge in [-0.3, -0.25) is 0 Å². The monoisotopic (exact) mass is 359 g/mol. The van der Waals surface area contributed by atoms with Crippen LogP contribution in [0.5, 0.6) is 5.75 Å². The second kappa shape index (κ2) is 6.02. The molecule has 1 aliphatic heterocycles. The molecule has 0 fully saturated rings. The van der Waals surface area contributed by atoms with Gasteiger partial charge in [0.05, 0.1) is 18.8 Å². The molecule has 2 aromatic carbocycles. The fourth-order valence-electron chi connectivity index (χ4n) is 4.10. The van der Waals surface area contributed by atoms with Crippen molar-refractivity contribution in [1.82, 2.24) is 0 Å². The Morgan fingerprint density at radius 3 is 2.75 bits per heavy atom. The first kappa shape index (κ1) is 15.9. The Hall–Kier alpha value is -1.64. The Labute approximate surface area is 152 Å². The zero-order chi connectivity index (χ0) is 16.8. The summed E-state index contributed by atoms with van der Waals surface area (Å²) in [6.45, 7) is 2.17. The molecule has 3 atom stereocenters. The topological polar surface area (TPSA) is 21.3 Å². The molecule has 2 unspecified atom stereocenters. The maximum atomic E-state index is 6.51. The van der Waals surface area contributed by atoms with E-state index >= 15 is 0 Å². The van der Waals surface area contributed by atoms with Crippen LogP contribution in [0.3, 0.4) is 0 Å². The molecule has 0 spiro atoms. The van der Waals surface area contributed by atoms with Gasteiger partial charge >= 0.3 is 0 Å². The third-order valence-corrected chi connectivity index (χ3v) is 5.78. The average molecular weight is 360 g/mol. The molecule has 0 saturated heterocycles. The van der Waals surface area contributed by atoms with Crippen LogP contribution in [-0.2, 0) is 0 Å². The van der Waals surface area contributed by atoms with Crippen molar-refractivity contribution in [3.8, 4) is 5.75 Å². The minimum atomic E-state index is 0.137. The quantitative estimate of drug-likeness (QED) is 0.650. The second-order valence-corrected chi connectivity index (χ2v) is 7.36. The molecule has 0 radical (unpaired) electrons. The van der Waals surface area contributed by atoms with E-state index in [1.165, 1.54) is 11.1 Å². The fraction of sp³-hybridized carbons (Fsp3) is 0.300. The minimum absolute atomic E-state index is 0.137. The molecule has 4 heteroatoms. The summed E-state index contributed by atoms with van der Waals surface area (Å²) in [5, 5.41) is 5.08. The lowest BCUT2D eigenvalue weighted by Crippen LogP contribution is -2.30. The number of rotatable bonds is 2. The van der Waals surface area contributed by atoms with E-state index in [0.717, 1.165) is 23.4 Å². The number of benzene rings is 2. The zero-order valence-corrected chi connectivity index (χ0v) is 15.2.